The Bertz CT molecular complexity index is 164. The standard InChI is InChI=1S/C3H3BrN2O3/c7-4(8)9-6-3-1-2-5-6/h1-3H. The number of aromatic nitrogens is 2. The second kappa shape index (κ2) is 2.81. The largest absolute Gasteiger partial charge is 0.536 e. The fraction of sp³-hybridized carbons (Fsp3) is 0. The minimum Gasteiger partial charge on any atom is -0.359 e. The average molecular weight is 195 g/mol. The van der Waals surface area contributed by atoms with Gasteiger partial charge >= 0.3 is 14.8 Å². The summed E-state index contributed by atoms with van der Waals surface area (Å²) in [5.41, 5.74) is 0. The van der Waals surface area contributed by atoms with Crippen molar-refractivity contribution in [1.82, 2.24) is 9.94 Å². The molecule has 6 heteroatoms. The van der Waals surface area contributed by atoms with E-state index in [-0.39, 0.29) is 0 Å². The van der Waals surface area contributed by atoms with Crippen LogP contribution in [0.5, 0.6) is 0 Å². The van der Waals surface area contributed by atoms with Crippen LogP contribution in [-0.4, -0.2) is 9.94 Å². The lowest BCUT2D eigenvalue weighted by Gasteiger charge is -1.88. The van der Waals surface area contributed by atoms with Crippen molar-refractivity contribution in [3.05, 3.63) is 18.5 Å². The van der Waals surface area contributed by atoms with Crippen LogP contribution in [0.3, 0.4) is 0 Å². The molecule has 1 aromatic heterocycles. The van der Waals surface area contributed by atoms with Crippen molar-refractivity contribution in [3.63, 3.8) is 0 Å². The molecule has 1 rings (SSSR count). The second-order valence-electron chi connectivity index (χ2n) is 1.17. The lowest BCUT2D eigenvalue weighted by molar-refractivity contribution is -1.63. The zero-order valence-electron chi connectivity index (χ0n) is 4.23. The molecule has 0 radical (unpaired) electrons. The third kappa shape index (κ3) is 2.00. The molecule has 0 aliphatic rings. The summed E-state index contributed by atoms with van der Waals surface area (Å²) in [4.78, 5) is 0.870. The second-order valence-corrected chi connectivity index (χ2v) is 2.25. The van der Waals surface area contributed by atoms with Gasteiger partial charge in [0.2, 0.25) is 0 Å². The molecule has 0 saturated carbocycles. The molecule has 50 valence electrons. The predicted octanol–water partition coefficient (Wildman–Crippen LogP) is -2.60. The lowest BCUT2D eigenvalue weighted by Crippen LogP contribution is -2.41. The zero-order chi connectivity index (χ0) is 6.69. The van der Waals surface area contributed by atoms with Gasteiger partial charge < -0.3 is 8.40 Å². The Kier molecular flexibility index (Phi) is 2.04. The number of rotatable bonds is 2. The maximum atomic E-state index is 9.86. The highest BCUT2D eigenvalue weighted by Crippen LogP contribution is 1.79. The maximum Gasteiger partial charge on any atom is 0.536 e. The van der Waals surface area contributed by atoms with Crippen molar-refractivity contribution in [2.75, 3.05) is 0 Å². The fourth-order valence-corrected chi connectivity index (χ4v) is 0.767. The molecule has 0 fully saturated rings. The monoisotopic (exact) mass is 194 g/mol. The van der Waals surface area contributed by atoms with Crippen LogP contribution in [0.25, 0.3) is 0 Å². The molecule has 1 heterocycles. The molecule has 1 aromatic rings. The van der Waals surface area contributed by atoms with E-state index in [1.165, 1.54) is 12.4 Å². The number of nitrogens with zero attached hydrogens (tertiary/aromatic N) is 2. The number of halogens is 1. The van der Waals surface area contributed by atoms with Crippen LogP contribution in [0.15, 0.2) is 18.5 Å². The zero-order valence-corrected chi connectivity index (χ0v) is 5.82. The van der Waals surface area contributed by atoms with E-state index < -0.39 is 14.8 Å². The minimum atomic E-state index is -3.18. The molecule has 5 nitrogen and oxygen atoms in total. The first-order valence-electron chi connectivity index (χ1n) is 2.03. The highest BCUT2D eigenvalue weighted by atomic mass is 80.0. The van der Waals surface area contributed by atoms with Gasteiger partial charge in [-0.15, -0.1) is 5.10 Å². The molecular formula is C3H3BrN2O3. The van der Waals surface area contributed by atoms with E-state index in [4.69, 9.17) is 0 Å². The Hall–Kier alpha value is -0.590. The average Bonchev–Trinajstić information content (AvgIpc) is 2.15. The van der Waals surface area contributed by atoms with Crippen LogP contribution in [-0.2, 0) is 0 Å². The SMILES string of the molecule is [O-][Br+2]([O-])On1cccn1. The summed E-state index contributed by atoms with van der Waals surface area (Å²) in [6.07, 6.45) is 2.81. The summed E-state index contributed by atoms with van der Waals surface area (Å²) in [5.74, 6) is 0. The van der Waals surface area contributed by atoms with Gasteiger partial charge in [-0.1, -0.05) is 0 Å². The summed E-state index contributed by atoms with van der Waals surface area (Å²) in [6, 6.07) is 1.56. The van der Waals surface area contributed by atoms with Gasteiger partial charge in [-0.05, 0) is 14.8 Å². The predicted molar refractivity (Wildman–Crippen MR) is 18.8 cm³/mol. The Morgan fingerprint density at radius 1 is 1.56 bits per heavy atom. The minimum absolute atomic E-state index is 0.870. The van der Waals surface area contributed by atoms with Crippen LogP contribution in [0.1, 0.15) is 0 Å². The molecule has 0 N–H and O–H groups in total. The van der Waals surface area contributed by atoms with Crippen molar-refractivity contribution in [2.45, 2.75) is 0 Å². The molecule has 0 spiro atoms. The number of hydrogen-bond acceptors (Lipinski definition) is 4. The summed E-state index contributed by atoms with van der Waals surface area (Å²) >= 11 is -3.18. The summed E-state index contributed by atoms with van der Waals surface area (Å²) in [6.45, 7) is 0. The Labute approximate surface area is 56.3 Å². The van der Waals surface area contributed by atoms with Crippen LogP contribution >= 0.6 is 0 Å². The highest BCUT2D eigenvalue weighted by molar-refractivity contribution is 4.74. The molecular weight excluding hydrogens is 192 g/mol. The third-order valence-corrected chi connectivity index (χ3v) is 1.14. The fourth-order valence-electron chi connectivity index (χ4n) is 0.353. The molecule has 0 aliphatic heterocycles. The van der Waals surface area contributed by atoms with E-state index in [9.17, 15) is 8.40 Å². The van der Waals surface area contributed by atoms with Crippen molar-refractivity contribution in [1.29, 1.82) is 0 Å². The molecule has 0 amide bonds. The van der Waals surface area contributed by atoms with Crippen LogP contribution in [0, 0.1) is 14.8 Å². The molecule has 0 aromatic carbocycles. The van der Waals surface area contributed by atoms with Gasteiger partial charge in [0.25, 0.3) is 0 Å². The smallest absolute Gasteiger partial charge is 0.359 e. The van der Waals surface area contributed by atoms with Gasteiger partial charge in [-0.25, -0.2) is 0 Å². The molecule has 0 atom stereocenters. The van der Waals surface area contributed by atoms with Crippen LogP contribution < -0.4 is 12.3 Å². The Morgan fingerprint density at radius 2 is 2.33 bits per heavy atom. The van der Waals surface area contributed by atoms with Gasteiger partial charge in [0, 0.05) is 0 Å². The van der Waals surface area contributed by atoms with E-state index in [1.807, 2.05) is 0 Å². The summed E-state index contributed by atoms with van der Waals surface area (Å²) < 4.78 is 23.9. The van der Waals surface area contributed by atoms with E-state index in [1.54, 1.807) is 6.07 Å². The summed E-state index contributed by atoms with van der Waals surface area (Å²) in [7, 11) is 0. The first-order chi connectivity index (χ1) is 4.29. The van der Waals surface area contributed by atoms with Gasteiger partial charge in [0.1, 0.15) is 0 Å². The maximum absolute atomic E-state index is 9.86. The summed E-state index contributed by atoms with van der Waals surface area (Å²) in [5, 5.41) is 3.48. The highest BCUT2D eigenvalue weighted by Gasteiger charge is 2.10. The van der Waals surface area contributed by atoms with E-state index >= 15 is 0 Å². The van der Waals surface area contributed by atoms with Crippen molar-refractivity contribution in [3.8, 4) is 0 Å². The van der Waals surface area contributed by atoms with Crippen molar-refractivity contribution >= 4 is 0 Å². The first-order valence-corrected chi connectivity index (χ1v) is 3.97. The first kappa shape index (κ1) is 6.53. The van der Waals surface area contributed by atoms with E-state index in [0.717, 1.165) is 4.85 Å². The van der Waals surface area contributed by atoms with Gasteiger partial charge in [-0.2, -0.15) is 0 Å². The lowest BCUT2D eigenvalue weighted by atomic mass is 10.8. The molecule has 0 bridgehead atoms. The molecule has 9 heavy (non-hydrogen) atoms. The molecule has 0 aliphatic carbocycles. The quantitative estimate of drug-likeness (QED) is 0.518. The normalized spacial score (nSPS) is 10.1. The topological polar surface area (TPSA) is 73.2 Å². The molecule has 0 saturated heterocycles. The van der Waals surface area contributed by atoms with Crippen molar-refractivity contribution < 1.29 is 27.1 Å². The van der Waals surface area contributed by atoms with Crippen molar-refractivity contribution in [2.24, 2.45) is 0 Å². The van der Waals surface area contributed by atoms with Gasteiger partial charge in [0.15, 0.2) is 0 Å². The van der Waals surface area contributed by atoms with E-state index in [0.29, 0.717) is 0 Å². The molecule has 0 unspecified atom stereocenters. The third-order valence-electron chi connectivity index (χ3n) is 0.607. The van der Waals surface area contributed by atoms with Crippen LogP contribution in [0.4, 0.5) is 0 Å². The number of hydrogen-bond donors (Lipinski definition) is 0. The Balaban J connectivity index is 2.48. The van der Waals surface area contributed by atoms with E-state index in [2.05, 4.69) is 9.03 Å². The van der Waals surface area contributed by atoms with Crippen LogP contribution in [0.2, 0.25) is 0 Å². The van der Waals surface area contributed by atoms with Gasteiger partial charge in [-0.3, -0.25) is 0 Å². The Morgan fingerprint density at radius 3 is 2.78 bits per heavy atom. The van der Waals surface area contributed by atoms with Gasteiger partial charge in [0.05, 0.1) is 12.4 Å².